The molecule has 0 unspecified atom stereocenters. The second-order valence-electron chi connectivity index (χ2n) is 8.66. The molecule has 13 heteroatoms. The fourth-order valence-electron chi connectivity index (χ4n) is 4.64. The first-order chi connectivity index (χ1) is 18.8. The van der Waals surface area contributed by atoms with Crippen molar-refractivity contribution in [1.82, 2.24) is 0 Å². The van der Waals surface area contributed by atoms with E-state index in [1.54, 1.807) is 30.3 Å². The maximum absolute atomic E-state index is 12.4. The molecule has 4 aromatic rings. The predicted octanol–water partition coefficient (Wildman–Crippen LogP) is 0.760. The summed E-state index contributed by atoms with van der Waals surface area (Å²) in [7, 11) is -3.59. The molecule has 2 aliphatic rings. The maximum atomic E-state index is 12.4. The minimum atomic E-state index is -4.83. The number of ketones is 4. The molecule has 0 heterocycles. The minimum absolute atomic E-state index is 0. The van der Waals surface area contributed by atoms with Crippen molar-refractivity contribution in [2.24, 2.45) is 0 Å². The summed E-state index contributed by atoms with van der Waals surface area (Å²) >= 11 is 0. The van der Waals surface area contributed by atoms with Crippen LogP contribution in [-0.2, 0) is 19.2 Å². The largest absolute Gasteiger partial charge is 1.00 e. The van der Waals surface area contributed by atoms with Crippen LogP contribution in [0.4, 0.5) is 0 Å². The van der Waals surface area contributed by atoms with Gasteiger partial charge in [-0.2, -0.15) is 0 Å². The molecule has 0 N–H and O–H groups in total. The molecule has 4 aromatic carbocycles. The fourth-order valence-corrected chi connectivity index (χ4v) is 6.41. The van der Waals surface area contributed by atoms with E-state index in [0.29, 0.717) is 0 Å². The molecule has 0 fully saturated rings. The Morgan fingerprint density at radius 1 is 0.463 bits per heavy atom. The Bertz CT molecular complexity index is 1890. The van der Waals surface area contributed by atoms with Crippen LogP contribution < -0.4 is 29.6 Å². The van der Waals surface area contributed by atoms with Crippen molar-refractivity contribution in [2.75, 3.05) is 0 Å². The molecule has 9 nitrogen and oxygen atoms in total. The van der Waals surface area contributed by atoms with Gasteiger partial charge in [-0.05, 0) is 12.1 Å². The van der Waals surface area contributed by atoms with Crippen LogP contribution in [0.2, 0.25) is 0 Å². The van der Waals surface area contributed by atoms with Gasteiger partial charge in [-0.1, -0.05) is 72.8 Å². The van der Waals surface area contributed by atoms with E-state index >= 15 is 0 Å². The van der Waals surface area contributed by atoms with Crippen LogP contribution in [0.5, 0.6) is 0 Å². The Morgan fingerprint density at radius 3 is 1.15 bits per heavy atom. The van der Waals surface area contributed by atoms with E-state index in [1.807, 2.05) is 0 Å². The van der Waals surface area contributed by atoms with Crippen molar-refractivity contribution < 1.29 is 70.1 Å². The van der Waals surface area contributed by atoms with Gasteiger partial charge in [0, 0.05) is 44.1 Å². The van der Waals surface area contributed by atoms with Crippen LogP contribution >= 0.6 is 10.7 Å². The molecule has 41 heavy (non-hydrogen) atoms. The van der Waals surface area contributed by atoms with Crippen LogP contribution in [0.15, 0.2) is 94.7 Å². The minimum Gasteiger partial charge on any atom is -0.744 e. The quantitative estimate of drug-likeness (QED) is 0.155. The molecular formula is C28H14ClNaO9S2. The standard InChI is InChI=1S/C14H7ClO4S.C14H8O5S.Na/c15-20(18,19)11-7-3-6-10-12(11)14(17)9-5-2-1-4-8(9)13(10)16;15-13-8-4-1-2-5-9(8)14(16)12-10(13)6-3-7-11(12)20(17,18)19;/h1-7H;1-7H,(H,17,18,19);/q;;+1/p-1. The summed E-state index contributed by atoms with van der Waals surface area (Å²) < 4.78 is 56.9. The van der Waals surface area contributed by atoms with Crippen molar-refractivity contribution in [3.05, 3.63) is 129 Å². The second-order valence-corrected chi connectivity index (χ2v) is 12.5. The van der Waals surface area contributed by atoms with Crippen molar-refractivity contribution >= 4 is 53.0 Å². The molecule has 0 aliphatic heterocycles. The molecule has 0 bridgehead atoms. The van der Waals surface area contributed by atoms with E-state index in [9.17, 15) is 40.6 Å². The van der Waals surface area contributed by atoms with E-state index < -0.39 is 41.4 Å². The Balaban J connectivity index is 0.000000184. The van der Waals surface area contributed by atoms with E-state index in [2.05, 4.69) is 0 Å². The predicted molar refractivity (Wildman–Crippen MR) is 140 cm³/mol. The number of carbonyl (C=O) groups is 4. The zero-order valence-electron chi connectivity index (χ0n) is 21.0. The number of carbonyl (C=O) groups excluding carboxylic acids is 4. The Labute approximate surface area is 260 Å². The van der Waals surface area contributed by atoms with Crippen LogP contribution in [0.1, 0.15) is 63.7 Å². The van der Waals surface area contributed by atoms with Gasteiger partial charge in [0.05, 0.1) is 20.9 Å². The average molecular weight is 617 g/mol. The summed E-state index contributed by atoms with van der Waals surface area (Å²) in [5.74, 6) is -1.96. The number of hydrogen-bond acceptors (Lipinski definition) is 9. The number of hydrogen-bond donors (Lipinski definition) is 0. The molecule has 6 rings (SSSR count). The van der Waals surface area contributed by atoms with Crippen molar-refractivity contribution in [2.45, 2.75) is 9.79 Å². The fraction of sp³-hybridized carbons (Fsp3) is 0. The van der Waals surface area contributed by atoms with Gasteiger partial charge in [-0.3, -0.25) is 19.2 Å². The third-order valence-electron chi connectivity index (χ3n) is 6.36. The molecule has 200 valence electrons. The van der Waals surface area contributed by atoms with Gasteiger partial charge in [0.25, 0.3) is 9.05 Å². The van der Waals surface area contributed by atoms with Crippen molar-refractivity contribution in [3.8, 4) is 0 Å². The number of fused-ring (bicyclic) bond motifs is 4. The monoisotopic (exact) mass is 616 g/mol. The normalized spacial score (nSPS) is 13.5. The second kappa shape index (κ2) is 11.2. The molecule has 0 spiro atoms. The van der Waals surface area contributed by atoms with E-state index in [-0.39, 0.29) is 84.7 Å². The van der Waals surface area contributed by atoms with E-state index in [4.69, 9.17) is 10.7 Å². The third-order valence-corrected chi connectivity index (χ3v) is 8.60. The van der Waals surface area contributed by atoms with E-state index in [1.165, 1.54) is 48.5 Å². The summed E-state index contributed by atoms with van der Waals surface area (Å²) in [6, 6.07) is 20.1. The smallest absolute Gasteiger partial charge is 0.744 e. The number of halogens is 1. The molecule has 0 atom stereocenters. The summed E-state index contributed by atoms with van der Waals surface area (Å²) in [4.78, 5) is 48.5. The number of benzene rings is 4. The van der Waals surface area contributed by atoms with E-state index in [0.717, 1.165) is 6.07 Å². The molecule has 0 saturated carbocycles. The Kier molecular flexibility index (Phi) is 8.36. The van der Waals surface area contributed by atoms with Crippen LogP contribution in [0.3, 0.4) is 0 Å². The van der Waals surface area contributed by atoms with Gasteiger partial charge in [-0.25, -0.2) is 16.8 Å². The molecule has 0 saturated heterocycles. The van der Waals surface area contributed by atoms with Crippen LogP contribution in [-0.4, -0.2) is 44.5 Å². The number of rotatable bonds is 2. The first kappa shape index (κ1) is 30.7. The first-order valence-corrected chi connectivity index (χ1v) is 15.1. The molecule has 2 aliphatic carbocycles. The Morgan fingerprint density at radius 2 is 0.780 bits per heavy atom. The molecular weight excluding hydrogens is 603 g/mol. The first-order valence-electron chi connectivity index (χ1n) is 11.4. The van der Waals surface area contributed by atoms with Gasteiger partial charge in [0.15, 0.2) is 23.1 Å². The van der Waals surface area contributed by atoms with Gasteiger partial charge in [-0.15, -0.1) is 0 Å². The summed E-state index contributed by atoms with van der Waals surface area (Å²) in [6.45, 7) is 0. The van der Waals surface area contributed by atoms with Crippen molar-refractivity contribution in [3.63, 3.8) is 0 Å². The maximum Gasteiger partial charge on any atom is 1.00 e. The van der Waals surface area contributed by atoms with Gasteiger partial charge >= 0.3 is 29.6 Å². The zero-order valence-corrected chi connectivity index (χ0v) is 25.3. The molecule has 0 aromatic heterocycles. The van der Waals surface area contributed by atoms with Gasteiger partial charge in [0.1, 0.15) is 10.1 Å². The van der Waals surface area contributed by atoms with Gasteiger partial charge in [0.2, 0.25) is 0 Å². The summed E-state index contributed by atoms with van der Waals surface area (Å²) in [5, 5.41) is 0. The SMILES string of the molecule is O=C1c2ccccc2C(=O)c2c1cccc2S(=O)(=O)Cl.O=C1c2ccccc2C(=O)c2c1cccc2S(=O)(=O)[O-].[Na+]. The Hall–Kier alpha value is -3.29. The summed E-state index contributed by atoms with van der Waals surface area (Å²) in [6.07, 6.45) is 0. The van der Waals surface area contributed by atoms with Crippen molar-refractivity contribution in [1.29, 1.82) is 0 Å². The molecule has 0 radical (unpaired) electrons. The van der Waals surface area contributed by atoms with Gasteiger partial charge < -0.3 is 4.55 Å². The summed E-state index contributed by atoms with van der Waals surface area (Å²) in [5.41, 5.74) is 0.330. The topological polar surface area (TPSA) is 160 Å². The average Bonchev–Trinajstić information content (AvgIpc) is 2.93. The van der Waals surface area contributed by atoms with Crippen LogP contribution in [0.25, 0.3) is 0 Å². The third kappa shape index (κ3) is 5.38. The molecule has 0 amide bonds. The van der Waals surface area contributed by atoms with Crippen LogP contribution in [0, 0.1) is 0 Å². The zero-order chi connectivity index (χ0) is 29.0.